The fourth-order valence-electron chi connectivity index (χ4n) is 1.70. The molecule has 0 spiro atoms. The molecule has 1 unspecified atom stereocenters. The Morgan fingerprint density at radius 3 is 2.67 bits per heavy atom. The van der Waals surface area contributed by atoms with Crippen molar-refractivity contribution < 1.29 is 5.11 Å². The van der Waals surface area contributed by atoms with Gasteiger partial charge in [-0.15, -0.1) is 0 Å². The maximum atomic E-state index is 9.18. The number of rotatable bonds is 6. The van der Waals surface area contributed by atoms with Crippen molar-refractivity contribution in [3.05, 3.63) is 17.5 Å². The lowest BCUT2D eigenvalue weighted by Gasteiger charge is -2.06. The summed E-state index contributed by atoms with van der Waals surface area (Å²) in [6, 6.07) is 2.18. The van der Waals surface area contributed by atoms with E-state index < -0.39 is 0 Å². The molecule has 0 amide bonds. The molecule has 3 nitrogen and oxygen atoms in total. The van der Waals surface area contributed by atoms with Gasteiger partial charge >= 0.3 is 0 Å². The van der Waals surface area contributed by atoms with Crippen molar-refractivity contribution in [3.63, 3.8) is 0 Å². The SMILES string of the molecule is CCc1cc(CC)n(CCCC(C)O)n1. The number of hydrogen-bond donors (Lipinski definition) is 1. The lowest BCUT2D eigenvalue weighted by atomic mass is 10.2. The van der Waals surface area contributed by atoms with Crippen LogP contribution in [0, 0.1) is 0 Å². The van der Waals surface area contributed by atoms with Crippen molar-refractivity contribution >= 4 is 0 Å². The maximum Gasteiger partial charge on any atom is 0.0624 e. The minimum absolute atomic E-state index is 0.198. The molecule has 0 aromatic carbocycles. The van der Waals surface area contributed by atoms with Gasteiger partial charge in [0.05, 0.1) is 11.8 Å². The predicted molar refractivity (Wildman–Crippen MR) is 61.9 cm³/mol. The highest BCUT2D eigenvalue weighted by Crippen LogP contribution is 2.08. The van der Waals surface area contributed by atoms with Crippen molar-refractivity contribution in [2.24, 2.45) is 0 Å². The molecule has 3 heteroatoms. The summed E-state index contributed by atoms with van der Waals surface area (Å²) >= 11 is 0. The Morgan fingerprint density at radius 1 is 1.40 bits per heavy atom. The van der Waals surface area contributed by atoms with Crippen LogP contribution in [0.4, 0.5) is 0 Å². The third-order valence-corrected chi connectivity index (χ3v) is 2.63. The molecule has 0 aliphatic heterocycles. The topological polar surface area (TPSA) is 38.0 Å². The minimum atomic E-state index is -0.198. The smallest absolute Gasteiger partial charge is 0.0624 e. The number of hydrogen-bond acceptors (Lipinski definition) is 2. The van der Waals surface area contributed by atoms with Crippen molar-refractivity contribution in [1.82, 2.24) is 9.78 Å². The fraction of sp³-hybridized carbons (Fsp3) is 0.750. The fourth-order valence-corrected chi connectivity index (χ4v) is 1.70. The first-order chi connectivity index (χ1) is 7.17. The molecule has 1 rings (SSSR count). The average Bonchev–Trinajstić information content (AvgIpc) is 2.60. The van der Waals surface area contributed by atoms with Crippen LogP contribution < -0.4 is 0 Å². The summed E-state index contributed by atoms with van der Waals surface area (Å²) in [4.78, 5) is 0. The summed E-state index contributed by atoms with van der Waals surface area (Å²) in [5, 5.41) is 13.7. The van der Waals surface area contributed by atoms with Crippen LogP contribution >= 0.6 is 0 Å². The molecule has 0 saturated heterocycles. The van der Waals surface area contributed by atoms with E-state index in [0.717, 1.165) is 32.2 Å². The summed E-state index contributed by atoms with van der Waals surface area (Å²) in [5.41, 5.74) is 2.47. The maximum absolute atomic E-state index is 9.18. The summed E-state index contributed by atoms with van der Waals surface area (Å²) in [7, 11) is 0. The molecule has 1 heterocycles. The molecule has 0 aliphatic rings. The monoisotopic (exact) mass is 210 g/mol. The van der Waals surface area contributed by atoms with Gasteiger partial charge in [0, 0.05) is 12.2 Å². The second-order valence-electron chi connectivity index (χ2n) is 4.05. The molecule has 0 aliphatic carbocycles. The highest BCUT2D eigenvalue weighted by atomic mass is 16.3. The summed E-state index contributed by atoms with van der Waals surface area (Å²) in [6.07, 6.45) is 3.68. The van der Waals surface area contributed by atoms with Gasteiger partial charge in [-0.05, 0) is 38.7 Å². The Hall–Kier alpha value is -0.830. The quantitative estimate of drug-likeness (QED) is 0.781. The zero-order chi connectivity index (χ0) is 11.3. The molecule has 15 heavy (non-hydrogen) atoms. The summed E-state index contributed by atoms with van der Waals surface area (Å²) in [6.45, 7) is 7.04. The summed E-state index contributed by atoms with van der Waals surface area (Å²) < 4.78 is 2.08. The van der Waals surface area contributed by atoms with Gasteiger partial charge < -0.3 is 5.11 Å². The van der Waals surface area contributed by atoms with E-state index in [1.54, 1.807) is 0 Å². The highest BCUT2D eigenvalue weighted by molar-refractivity contribution is 5.10. The molecule has 1 atom stereocenters. The van der Waals surface area contributed by atoms with Gasteiger partial charge in [-0.3, -0.25) is 4.68 Å². The third-order valence-electron chi connectivity index (χ3n) is 2.63. The number of aliphatic hydroxyl groups excluding tert-OH is 1. The van der Waals surface area contributed by atoms with Crippen LogP contribution in [0.5, 0.6) is 0 Å². The van der Waals surface area contributed by atoms with Crippen LogP contribution in [0.25, 0.3) is 0 Å². The van der Waals surface area contributed by atoms with E-state index in [2.05, 4.69) is 29.7 Å². The predicted octanol–water partition coefficient (Wildman–Crippen LogP) is 2.17. The van der Waals surface area contributed by atoms with Crippen molar-refractivity contribution in [1.29, 1.82) is 0 Å². The molecule has 1 N–H and O–H groups in total. The molecule has 1 aromatic heterocycles. The van der Waals surface area contributed by atoms with Gasteiger partial charge in [-0.25, -0.2) is 0 Å². The van der Waals surface area contributed by atoms with Crippen molar-refractivity contribution in [2.45, 2.75) is 59.1 Å². The normalized spacial score (nSPS) is 13.1. The van der Waals surface area contributed by atoms with E-state index >= 15 is 0 Å². The zero-order valence-electron chi connectivity index (χ0n) is 10.0. The minimum Gasteiger partial charge on any atom is -0.393 e. The van der Waals surface area contributed by atoms with Gasteiger partial charge in [0.1, 0.15) is 0 Å². The molecular weight excluding hydrogens is 188 g/mol. The average molecular weight is 210 g/mol. The van der Waals surface area contributed by atoms with E-state index in [1.807, 2.05) is 6.92 Å². The number of aryl methyl sites for hydroxylation is 3. The van der Waals surface area contributed by atoms with Gasteiger partial charge in [0.25, 0.3) is 0 Å². The van der Waals surface area contributed by atoms with Gasteiger partial charge in [-0.1, -0.05) is 13.8 Å². The molecule has 0 fully saturated rings. The van der Waals surface area contributed by atoms with Crippen molar-refractivity contribution in [2.75, 3.05) is 0 Å². The van der Waals surface area contributed by atoms with E-state index in [1.165, 1.54) is 11.4 Å². The Morgan fingerprint density at radius 2 is 2.13 bits per heavy atom. The number of aliphatic hydroxyl groups is 1. The first-order valence-corrected chi connectivity index (χ1v) is 5.91. The van der Waals surface area contributed by atoms with Crippen molar-refractivity contribution in [3.8, 4) is 0 Å². The van der Waals surface area contributed by atoms with Crippen LogP contribution in [0.2, 0.25) is 0 Å². The second kappa shape index (κ2) is 5.91. The largest absolute Gasteiger partial charge is 0.393 e. The number of nitrogens with zero attached hydrogens (tertiary/aromatic N) is 2. The Kier molecular flexibility index (Phi) is 4.82. The van der Waals surface area contributed by atoms with E-state index in [0.29, 0.717) is 0 Å². The van der Waals surface area contributed by atoms with Gasteiger partial charge in [0.2, 0.25) is 0 Å². The van der Waals surface area contributed by atoms with Crippen LogP contribution in [0.15, 0.2) is 6.07 Å². The molecular formula is C12H22N2O. The van der Waals surface area contributed by atoms with Gasteiger partial charge in [-0.2, -0.15) is 5.10 Å². The zero-order valence-corrected chi connectivity index (χ0v) is 10.0. The van der Waals surface area contributed by atoms with Crippen LogP contribution in [-0.4, -0.2) is 21.0 Å². The number of aromatic nitrogens is 2. The Labute approximate surface area is 92.1 Å². The molecule has 0 bridgehead atoms. The van der Waals surface area contributed by atoms with Crippen LogP contribution in [0.1, 0.15) is 45.0 Å². The lowest BCUT2D eigenvalue weighted by molar-refractivity contribution is 0.179. The van der Waals surface area contributed by atoms with E-state index in [9.17, 15) is 5.11 Å². The molecule has 0 radical (unpaired) electrons. The van der Waals surface area contributed by atoms with E-state index in [4.69, 9.17) is 0 Å². The lowest BCUT2D eigenvalue weighted by Crippen LogP contribution is -2.07. The first kappa shape index (κ1) is 12.2. The first-order valence-electron chi connectivity index (χ1n) is 5.91. The van der Waals surface area contributed by atoms with Crippen LogP contribution in [-0.2, 0) is 19.4 Å². The van der Waals surface area contributed by atoms with E-state index in [-0.39, 0.29) is 6.10 Å². The Bertz CT molecular complexity index is 292. The summed E-state index contributed by atoms with van der Waals surface area (Å²) in [5.74, 6) is 0. The van der Waals surface area contributed by atoms with Crippen LogP contribution in [0.3, 0.4) is 0 Å². The molecule has 86 valence electrons. The van der Waals surface area contributed by atoms with Gasteiger partial charge in [0.15, 0.2) is 0 Å². The molecule has 1 aromatic rings. The standard InChI is InChI=1S/C12H22N2O/c1-4-11-9-12(5-2)14(13-11)8-6-7-10(3)15/h9-10,15H,4-8H2,1-3H3. The third kappa shape index (κ3) is 3.67. The second-order valence-corrected chi connectivity index (χ2v) is 4.05. The Balaban J connectivity index is 2.54. The molecule has 0 saturated carbocycles. The highest BCUT2D eigenvalue weighted by Gasteiger charge is 2.05.